The smallest absolute Gasteiger partial charge is 0.312 e. The molecule has 2 aromatic carbocycles. The molecule has 1 aromatic heterocycles. The van der Waals surface area contributed by atoms with Crippen molar-refractivity contribution in [3.63, 3.8) is 0 Å². The van der Waals surface area contributed by atoms with E-state index in [2.05, 4.69) is 14.2 Å². The topological polar surface area (TPSA) is 97.5 Å². The van der Waals surface area contributed by atoms with E-state index in [1.54, 1.807) is 12.1 Å². The second-order valence-electron chi connectivity index (χ2n) is 5.77. The number of aliphatic carboxylic acids is 1. The zero-order valence-electron chi connectivity index (χ0n) is 13.8. The van der Waals surface area contributed by atoms with E-state index in [0.29, 0.717) is 17.0 Å². The van der Waals surface area contributed by atoms with E-state index in [1.165, 1.54) is 12.1 Å². The molecule has 1 atom stereocenters. The van der Waals surface area contributed by atoms with Crippen LogP contribution < -0.4 is 5.30 Å². The highest BCUT2D eigenvalue weighted by Crippen LogP contribution is 2.33. The van der Waals surface area contributed by atoms with Crippen molar-refractivity contribution in [3.05, 3.63) is 54.4 Å². The van der Waals surface area contributed by atoms with Gasteiger partial charge in [-0.25, -0.2) is 13.4 Å². The molecule has 6 nitrogen and oxygen atoms in total. The van der Waals surface area contributed by atoms with Gasteiger partial charge in [0, 0.05) is 17.4 Å². The lowest BCUT2D eigenvalue weighted by atomic mass is 10.1. The zero-order chi connectivity index (χ0) is 18.9. The van der Waals surface area contributed by atoms with Gasteiger partial charge in [0.05, 0.1) is 4.90 Å². The van der Waals surface area contributed by atoms with E-state index >= 15 is 0 Å². The van der Waals surface area contributed by atoms with Crippen LogP contribution in [0.2, 0.25) is 0 Å². The first-order valence-corrected chi connectivity index (χ1v) is 10.1. The molecule has 0 aliphatic heterocycles. The minimum Gasteiger partial charge on any atom is -0.481 e. The van der Waals surface area contributed by atoms with Crippen LogP contribution in [-0.2, 0) is 21.1 Å². The first kappa shape index (κ1) is 18.3. The number of oxazole rings is 1. The molecule has 0 saturated carbocycles. The van der Waals surface area contributed by atoms with Crippen LogP contribution in [0.5, 0.6) is 0 Å². The molecule has 0 saturated heterocycles. The summed E-state index contributed by atoms with van der Waals surface area (Å²) in [6, 6.07) is 13.7. The Hall–Kier alpha value is -2.50. The average Bonchev–Trinajstić information content (AvgIpc) is 2.98. The van der Waals surface area contributed by atoms with Gasteiger partial charge in [0.2, 0.25) is 5.89 Å². The average molecular weight is 389 g/mol. The van der Waals surface area contributed by atoms with Gasteiger partial charge in [-0.15, -0.1) is 9.24 Å². The normalized spacial score (nSPS) is 11.5. The summed E-state index contributed by atoms with van der Waals surface area (Å²) < 4.78 is 28.9. The Morgan fingerprint density at radius 1 is 1.08 bits per heavy atom. The van der Waals surface area contributed by atoms with Crippen LogP contribution in [0.25, 0.3) is 22.6 Å². The fourth-order valence-corrected chi connectivity index (χ4v) is 3.28. The number of nitrogens with zero attached hydrogens (tertiary/aromatic N) is 1. The van der Waals surface area contributed by atoms with E-state index in [4.69, 9.17) is 9.52 Å². The molecule has 0 amide bonds. The summed E-state index contributed by atoms with van der Waals surface area (Å²) in [6.07, 6.45) is 0.799. The number of sulfone groups is 1. The lowest BCUT2D eigenvalue weighted by Gasteiger charge is -2.04. The first-order chi connectivity index (χ1) is 12.2. The fourth-order valence-electron chi connectivity index (χ4n) is 2.46. The lowest BCUT2D eigenvalue weighted by Crippen LogP contribution is -1.99. The van der Waals surface area contributed by atoms with Gasteiger partial charge in [0.25, 0.3) is 0 Å². The van der Waals surface area contributed by atoms with E-state index < -0.39 is 15.8 Å². The Bertz CT molecular complexity index is 1050. The van der Waals surface area contributed by atoms with Crippen LogP contribution >= 0.6 is 9.24 Å². The molecule has 0 aliphatic carbocycles. The number of rotatable bonds is 5. The van der Waals surface area contributed by atoms with Gasteiger partial charge >= 0.3 is 5.97 Å². The molecule has 0 radical (unpaired) electrons. The number of carbonyl (C=O) groups is 1. The standard InChI is InChI=1S/C18H16NO5PS/c1-26(22,23)14-8-4-12(5-9-14)18-17(11-2-6-13(25)7-3-11)19-15(24-18)10-16(20)21/h2-9H,10,25H2,1H3,(H,20,21). The van der Waals surface area contributed by atoms with Gasteiger partial charge in [-0.1, -0.05) is 24.3 Å². The molecule has 0 bridgehead atoms. The van der Waals surface area contributed by atoms with Crippen molar-refractivity contribution in [3.8, 4) is 22.6 Å². The van der Waals surface area contributed by atoms with Crippen molar-refractivity contribution in [2.45, 2.75) is 11.3 Å². The first-order valence-electron chi connectivity index (χ1n) is 7.62. The predicted molar refractivity (Wildman–Crippen MR) is 101 cm³/mol. The molecule has 134 valence electrons. The highest BCUT2D eigenvalue weighted by Gasteiger charge is 2.19. The van der Waals surface area contributed by atoms with Gasteiger partial charge in [0.15, 0.2) is 15.6 Å². The molecule has 0 aliphatic rings. The third-order valence-electron chi connectivity index (χ3n) is 3.70. The largest absolute Gasteiger partial charge is 0.481 e. The number of carboxylic acid groups (broad SMARTS) is 1. The van der Waals surface area contributed by atoms with Crippen molar-refractivity contribution in [2.24, 2.45) is 0 Å². The van der Waals surface area contributed by atoms with Gasteiger partial charge in [0.1, 0.15) is 12.1 Å². The summed E-state index contributed by atoms with van der Waals surface area (Å²) in [5, 5.41) is 10.0. The van der Waals surface area contributed by atoms with E-state index in [0.717, 1.165) is 17.1 Å². The Labute approximate surface area is 153 Å². The number of aromatic nitrogens is 1. The Balaban J connectivity index is 2.11. The summed E-state index contributed by atoms with van der Waals surface area (Å²) in [7, 11) is -0.717. The molecule has 3 rings (SSSR count). The molecule has 26 heavy (non-hydrogen) atoms. The van der Waals surface area contributed by atoms with Crippen LogP contribution in [0, 0.1) is 0 Å². The van der Waals surface area contributed by atoms with Crippen molar-refractivity contribution in [2.75, 3.05) is 6.26 Å². The molecule has 3 aromatic rings. The summed E-state index contributed by atoms with van der Waals surface area (Å²) in [5.41, 5.74) is 1.91. The van der Waals surface area contributed by atoms with Crippen molar-refractivity contribution < 1.29 is 22.7 Å². The number of hydrogen-bond donors (Lipinski definition) is 1. The van der Waals surface area contributed by atoms with Crippen LogP contribution in [0.1, 0.15) is 5.89 Å². The third kappa shape index (κ3) is 4.00. The van der Waals surface area contributed by atoms with E-state index in [-0.39, 0.29) is 17.2 Å². The third-order valence-corrected chi connectivity index (χ3v) is 5.22. The predicted octanol–water partition coefficient (Wildman–Crippen LogP) is 2.54. The molecule has 1 unspecified atom stereocenters. The lowest BCUT2D eigenvalue weighted by molar-refractivity contribution is -0.136. The van der Waals surface area contributed by atoms with Gasteiger partial charge in [-0.3, -0.25) is 4.79 Å². The monoisotopic (exact) mass is 389 g/mol. The zero-order valence-corrected chi connectivity index (χ0v) is 15.8. The summed E-state index contributed by atoms with van der Waals surface area (Å²) >= 11 is 0. The maximum atomic E-state index is 11.6. The Morgan fingerprint density at radius 3 is 2.19 bits per heavy atom. The number of benzene rings is 2. The van der Waals surface area contributed by atoms with Crippen molar-refractivity contribution >= 4 is 30.4 Å². The summed E-state index contributed by atoms with van der Waals surface area (Å²) in [4.78, 5) is 15.5. The maximum absolute atomic E-state index is 11.6. The maximum Gasteiger partial charge on any atom is 0.312 e. The minimum absolute atomic E-state index is 0.0876. The van der Waals surface area contributed by atoms with Gasteiger partial charge < -0.3 is 9.52 Å². The molecule has 8 heteroatoms. The molecule has 0 fully saturated rings. The van der Waals surface area contributed by atoms with Crippen LogP contribution in [-0.4, -0.2) is 30.7 Å². The molecule has 1 heterocycles. The second kappa shape index (κ2) is 7.02. The molecular weight excluding hydrogens is 373 g/mol. The van der Waals surface area contributed by atoms with Crippen LogP contribution in [0.15, 0.2) is 57.8 Å². The van der Waals surface area contributed by atoms with Crippen LogP contribution in [0.4, 0.5) is 0 Å². The van der Waals surface area contributed by atoms with Crippen molar-refractivity contribution in [1.82, 2.24) is 4.98 Å². The Kier molecular flexibility index (Phi) is 4.94. The SMILES string of the molecule is CS(=O)(=O)c1ccc(-c2oc(CC(=O)O)nc2-c2ccc(P)cc2)cc1. The minimum atomic E-state index is -3.31. The molecule has 0 spiro atoms. The summed E-state index contributed by atoms with van der Waals surface area (Å²) in [5.74, 6) is -0.556. The van der Waals surface area contributed by atoms with Gasteiger partial charge in [-0.05, 0) is 29.6 Å². The summed E-state index contributed by atoms with van der Waals surface area (Å²) in [6.45, 7) is 0. The van der Waals surface area contributed by atoms with Gasteiger partial charge in [-0.2, -0.15) is 0 Å². The molecular formula is C18H16NO5PS. The number of hydrogen-bond acceptors (Lipinski definition) is 5. The molecule has 1 N–H and O–H groups in total. The van der Waals surface area contributed by atoms with E-state index in [1.807, 2.05) is 24.3 Å². The van der Waals surface area contributed by atoms with Crippen molar-refractivity contribution in [1.29, 1.82) is 0 Å². The quantitative estimate of drug-likeness (QED) is 0.674. The second-order valence-corrected chi connectivity index (χ2v) is 8.46. The van der Waals surface area contributed by atoms with E-state index in [9.17, 15) is 13.2 Å². The van der Waals surface area contributed by atoms with Crippen LogP contribution in [0.3, 0.4) is 0 Å². The highest BCUT2D eigenvalue weighted by atomic mass is 32.2. The number of carboxylic acids is 1. The fraction of sp³-hybridized carbons (Fsp3) is 0.111. The highest BCUT2D eigenvalue weighted by molar-refractivity contribution is 7.90. The Morgan fingerprint density at radius 2 is 1.65 bits per heavy atom.